The number of hydrogen-bond acceptors (Lipinski definition) is 5. The summed E-state index contributed by atoms with van der Waals surface area (Å²) in [6.45, 7) is 0. The van der Waals surface area contributed by atoms with Crippen molar-refractivity contribution in [3.63, 3.8) is 0 Å². The summed E-state index contributed by atoms with van der Waals surface area (Å²) in [5.41, 5.74) is 7.52. The van der Waals surface area contributed by atoms with Gasteiger partial charge in [-0.25, -0.2) is 0 Å². The third-order valence-corrected chi connectivity index (χ3v) is 4.00. The van der Waals surface area contributed by atoms with E-state index in [1.165, 1.54) is 25.3 Å². The van der Waals surface area contributed by atoms with Crippen molar-refractivity contribution in [3.8, 4) is 5.75 Å². The molecule has 0 aliphatic carbocycles. The van der Waals surface area contributed by atoms with Gasteiger partial charge in [0, 0.05) is 7.11 Å². The maximum Gasteiger partial charge on any atom is 0.248 e. The molecule has 6 nitrogen and oxygen atoms in total. The Hall–Kier alpha value is -2.83. The second-order valence-electron chi connectivity index (χ2n) is 5.87. The quantitative estimate of drug-likeness (QED) is 0.430. The Morgan fingerprint density at radius 1 is 1.23 bits per heavy atom. The van der Waals surface area contributed by atoms with Crippen LogP contribution in [0.15, 0.2) is 60.7 Å². The average Bonchev–Trinajstić information content (AvgIpc) is 2.64. The summed E-state index contributed by atoms with van der Waals surface area (Å²) < 4.78 is 5.35. The molecule has 0 saturated heterocycles. The van der Waals surface area contributed by atoms with Crippen molar-refractivity contribution in [2.75, 3.05) is 18.2 Å². The number of para-hydroxylation sites is 2. The van der Waals surface area contributed by atoms with Gasteiger partial charge < -0.3 is 26.0 Å². The van der Waals surface area contributed by atoms with Gasteiger partial charge in [0.1, 0.15) is 11.9 Å². The molecular formula is C20H24N2O4. The minimum Gasteiger partial charge on any atom is -0.508 e. The molecule has 0 bridgehead atoms. The van der Waals surface area contributed by atoms with Gasteiger partial charge in [0.2, 0.25) is 5.91 Å². The number of methoxy groups -OCH3 is 1. The van der Waals surface area contributed by atoms with Crippen molar-refractivity contribution in [3.05, 3.63) is 66.2 Å². The number of nitrogens with two attached hydrogens (primary N) is 1. The zero-order valence-electron chi connectivity index (χ0n) is 14.6. The Morgan fingerprint density at radius 2 is 1.92 bits per heavy atom. The molecule has 26 heavy (non-hydrogen) atoms. The Labute approximate surface area is 152 Å². The highest BCUT2D eigenvalue weighted by Gasteiger charge is 2.19. The smallest absolute Gasteiger partial charge is 0.248 e. The first-order chi connectivity index (χ1) is 12.5. The summed E-state index contributed by atoms with van der Waals surface area (Å²) in [4.78, 5) is 11.9. The van der Waals surface area contributed by atoms with Gasteiger partial charge in [0.15, 0.2) is 0 Å². The van der Waals surface area contributed by atoms with Gasteiger partial charge in [-0.15, -0.1) is 0 Å². The number of phenols is 1. The summed E-state index contributed by atoms with van der Waals surface area (Å²) in [5.74, 6) is -0.126. The van der Waals surface area contributed by atoms with Crippen LogP contribution in [0.2, 0.25) is 0 Å². The standard InChI is InChI=1S/C20H24N2O4/c1-26-18(20(25)14-10-12-15(23)13-11-14)8-4-5-9-19(24)22-17-7-3-2-6-16(17)21/h2-3,5-7,9-13,18,20,23,25H,4,8,21H2,1H3,(H,22,24)/b9-5+/t18-,20-/m1/s1. The van der Waals surface area contributed by atoms with E-state index in [2.05, 4.69) is 5.32 Å². The first kappa shape index (κ1) is 19.5. The van der Waals surface area contributed by atoms with E-state index in [4.69, 9.17) is 10.5 Å². The van der Waals surface area contributed by atoms with Gasteiger partial charge in [-0.3, -0.25) is 4.79 Å². The Kier molecular flexibility index (Phi) is 7.20. The Morgan fingerprint density at radius 3 is 2.58 bits per heavy atom. The van der Waals surface area contributed by atoms with Crippen LogP contribution in [-0.4, -0.2) is 29.3 Å². The monoisotopic (exact) mass is 356 g/mol. The molecule has 0 aliphatic heterocycles. The number of rotatable bonds is 8. The maximum absolute atomic E-state index is 11.9. The van der Waals surface area contributed by atoms with Crippen LogP contribution < -0.4 is 11.1 Å². The van der Waals surface area contributed by atoms with Crippen LogP contribution in [0, 0.1) is 0 Å². The van der Waals surface area contributed by atoms with Crippen molar-refractivity contribution in [1.82, 2.24) is 0 Å². The van der Waals surface area contributed by atoms with E-state index in [1.54, 1.807) is 42.5 Å². The highest BCUT2D eigenvalue weighted by Crippen LogP contribution is 2.24. The predicted molar refractivity (Wildman–Crippen MR) is 102 cm³/mol. The normalized spacial score (nSPS) is 13.5. The molecule has 0 radical (unpaired) electrons. The van der Waals surface area contributed by atoms with Crippen molar-refractivity contribution in [2.45, 2.75) is 25.0 Å². The van der Waals surface area contributed by atoms with Crippen molar-refractivity contribution >= 4 is 17.3 Å². The fourth-order valence-electron chi connectivity index (χ4n) is 2.53. The zero-order valence-corrected chi connectivity index (χ0v) is 14.6. The third kappa shape index (κ3) is 5.61. The lowest BCUT2D eigenvalue weighted by Gasteiger charge is -2.21. The number of phenolic OH excluding ortho intramolecular Hbond substituents is 1. The van der Waals surface area contributed by atoms with Crippen LogP contribution in [0.4, 0.5) is 11.4 Å². The molecule has 2 atom stereocenters. The third-order valence-electron chi connectivity index (χ3n) is 4.00. The summed E-state index contributed by atoms with van der Waals surface area (Å²) in [6, 6.07) is 13.4. The van der Waals surface area contributed by atoms with Crippen LogP contribution in [0.25, 0.3) is 0 Å². The molecule has 5 N–H and O–H groups in total. The van der Waals surface area contributed by atoms with E-state index in [0.717, 1.165) is 0 Å². The Bertz CT molecular complexity index is 744. The molecule has 0 fully saturated rings. The number of hydrogen-bond donors (Lipinski definition) is 4. The van der Waals surface area contributed by atoms with Crippen LogP contribution in [0.3, 0.4) is 0 Å². The maximum atomic E-state index is 11.9. The fourth-order valence-corrected chi connectivity index (χ4v) is 2.53. The predicted octanol–water partition coefficient (Wildman–Crippen LogP) is 3.00. The second kappa shape index (κ2) is 9.60. The summed E-state index contributed by atoms with van der Waals surface area (Å²) >= 11 is 0. The number of carbonyl (C=O) groups is 1. The lowest BCUT2D eigenvalue weighted by Crippen LogP contribution is -2.20. The van der Waals surface area contributed by atoms with E-state index in [-0.39, 0.29) is 11.7 Å². The van der Waals surface area contributed by atoms with Gasteiger partial charge in [0.25, 0.3) is 0 Å². The summed E-state index contributed by atoms with van der Waals surface area (Å²) in [5, 5.41) is 22.4. The van der Waals surface area contributed by atoms with Crippen LogP contribution >= 0.6 is 0 Å². The van der Waals surface area contributed by atoms with Gasteiger partial charge >= 0.3 is 0 Å². The van der Waals surface area contributed by atoms with E-state index in [9.17, 15) is 15.0 Å². The Balaban J connectivity index is 1.84. The number of ether oxygens (including phenoxy) is 1. The zero-order chi connectivity index (χ0) is 18.9. The molecule has 2 rings (SSSR count). The van der Waals surface area contributed by atoms with Crippen molar-refractivity contribution in [1.29, 1.82) is 0 Å². The van der Waals surface area contributed by atoms with E-state index >= 15 is 0 Å². The lowest BCUT2D eigenvalue weighted by molar-refractivity contribution is -0.111. The van der Waals surface area contributed by atoms with Gasteiger partial charge in [0.05, 0.1) is 17.5 Å². The molecule has 0 aliphatic rings. The number of carbonyl (C=O) groups excluding carboxylic acids is 1. The number of amides is 1. The molecular weight excluding hydrogens is 332 g/mol. The molecule has 0 aromatic heterocycles. The molecule has 2 aromatic rings. The lowest BCUT2D eigenvalue weighted by atomic mass is 10.0. The van der Waals surface area contributed by atoms with Gasteiger partial charge in [-0.2, -0.15) is 0 Å². The fraction of sp³-hybridized carbons (Fsp3) is 0.250. The minimum absolute atomic E-state index is 0.142. The topological polar surface area (TPSA) is 105 Å². The summed E-state index contributed by atoms with van der Waals surface area (Å²) in [6.07, 6.45) is 3.03. The van der Waals surface area contributed by atoms with E-state index < -0.39 is 12.2 Å². The molecule has 0 spiro atoms. The average molecular weight is 356 g/mol. The van der Waals surface area contributed by atoms with Gasteiger partial charge in [-0.05, 0) is 48.7 Å². The molecule has 0 unspecified atom stereocenters. The molecule has 138 valence electrons. The van der Waals surface area contributed by atoms with E-state index in [1.807, 2.05) is 0 Å². The number of benzene rings is 2. The molecule has 0 saturated carbocycles. The molecule has 6 heteroatoms. The first-order valence-corrected chi connectivity index (χ1v) is 8.33. The number of aliphatic hydroxyl groups excluding tert-OH is 1. The van der Waals surface area contributed by atoms with Crippen LogP contribution in [0.5, 0.6) is 5.75 Å². The molecule has 2 aromatic carbocycles. The van der Waals surface area contributed by atoms with Crippen molar-refractivity contribution in [2.24, 2.45) is 0 Å². The highest BCUT2D eigenvalue weighted by molar-refractivity contribution is 6.01. The number of aliphatic hydroxyl groups is 1. The first-order valence-electron chi connectivity index (χ1n) is 8.33. The number of nitrogens with one attached hydrogen (secondary N) is 1. The van der Waals surface area contributed by atoms with Crippen LogP contribution in [-0.2, 0) is 9.53 Å². The van der Waals surface area contributed by atoms with Crippen LogP contribution in [0.1, 0.15) is 24.5 Å². The van der Waals surface area contributed by atoms with Crippen molar-refractivity contribution < 1.29 is 19.7 Å². The second-order valence-corrected chi connectivity index (χ2v) is 5.87. The number of nitrogen functional groups attached to an aromatic ring is 1. The largest absolute Gasteiger partial charge is 0.508 e. The highest BCUT2D eigenvalue weighted by atomic mass is 16.5. The SMILES string of the molecule is CO[C@H](CC/C=C/C(=O)Nc1ccccc1N)[C@H](O)c1ccc(O)cc1. The number of aromatic hydroxyl groups is 1. The number of allylic oxidation sites excluding steroid dienone is 1. The molecule has 1 amide bonds. The van der Waals surface area contributed by atoms with E-state index in [0.29, 0.717) is 29.8 Å². The van der Waals surface area contributed by atoms with Gasteiger partial charge in [-0.1, -0.05) is 30.3 Å². The molecule has 0 heterocycles. The number of anilines is 2. The minimum atomic E-state index is -0.813. The summed E-state index contributed by atoms with van der Waals surface area (Å²) in [7, 11) is 1.53.